The molecule has 0 aliphatic carbocycles. The van der Waals surface area contributed by atoms with Gasteiger partial charge in [-0.05, 0) is 22.8 Å². The van der Waals surface area contributed by atoms with E-state index in [9.17, 15) is 15.3 Å². The number of imidazole rings is 1. The van der Waals surface area contributed by atoms with Gasteiger partial charge in [-0.3, -0.25) is 4.57 Å². The van der Waals surface area contributed by atoms with Crippen LogP contribution in [0.15, 0.2) is 48.8 Å². The standard InChI is InChI=1S/C23H25N5O4/c1-12(9-14-7-4-6-13-5-2-3-8-15(13)14)21-26-20(24)17-22(27-21)28(11-25-17)23-19(31)18(30)16(10-29)32-23/h2-8,11-12,16,18-19,23,29-31H,9-10H2,1H3,(H2,24,26,27)/t12?,16-,18?,19?,23-/m1/s1. The Morgan fingerprint density at radius 2 is 1.88 bits per heavy atom. The number of aromatic nitrogens is 4. The maximum atomic E-state index is 10.4. The number of aliphatic hydroxyl groups excluding tert-OH is 3. The number of anilines is 1. The molecule has 9 nitrogen and oxygen atoms in total. The van der Waals surface area contributed by atoms with Crippen LogP contribution in [-0.2, 0) is 11.2 Å². The number of fused-ring (bicyclic) bond motifs is 2. The van der Waals surface area contributed by atoms with Crippen molar-refractivity contribution in [2.24, 2.45) is 0 Å². The van der Waals surface area contributed by atoms with Crippen LogP contribution in [0.1, 0.15) is 30.5 Å². The molecular formula is C23H25N5O4. The van der Waals surface area contributed by atoms with E-state index in [4.69, 9.17) is 15.5 Å². The summed E-state index contributed by atoms with van der Waals surface area (Å²) in [4.78, 5) is 13.5. The molecule has 2 aromatic heterocycles. The van der Waals surface area contributed by atoms with Crippen LogP contribution in [0.25, 0.3) is 21.9 Å². The van der Waals surface area contributed by atoms with Gasteiger partial charge in [0.05, 0.1) is 12.9 Å². The van der Waals surface area contributed by atoms with Crippen molar-refractivity contribution in [3.05, 3.63) is 60.2 Å². The normalized spacial score (nSPS) is 24.4. The van der Waals surface area contributed by atoms with Crippen LogP contribution in [0.2, 0.25) is 0 Å². The molecule has 9 heteroatoms. The van der Waals surface area contributed by atoms with Crippen LogP contribution in [-0.4, -0.2) is 59.8 Å². The molecule has 0 saturated carbocycles. The molecule has 32 heavy (non-hydrogen) atoms. The molecule has 5 N–H and O–H groups in total. The van der Waals surface area contributed by atoms with E-state index in [1.54, 1.807) is 0 Å². The van der Waals surface area contributed by atoms with E-state index in [1.165, 1.54) is 27.2 Å². The maximum absolute atomic E-state index is 10.4. The van der Waals surface area contributed by atoms with Crippen LogP contribution in [0.3, 0.4) is 0 Å². The zero-order valence-electron chi connectivity index (χ0n) is 17.5. The van der Waals surface area contributed by atoms with Crippen molar-refractivity contribution in [3.63, 3.8) is 0 Å². The number of rotatable bonds is 5. The van der Waals surface area contributed by atoms with Gasteiger partial charge in [0.2, 0.25) is 0 Å². The SMILES string of the molecule is CC(Cc1cccc2ccccc12)c1nc(N)c2ncn([C@@H]3O[C@H](CO)C(O)C3O)c2n1. The zero-order chi connectivity index (χ0) is 22.4. The first-order valence-electron chi connectivity index (χ1n) is 10.6. The van der Waals surface area contributed by atoms with Crippen LogP contribution < -0.4 is 5.73 Å². The number of nitrogen functional groups attached to an aromatic ring is 1. The molecule has 1 fully saturated rings. The lowest BCUT2D eigenvalue weighted by Crippen LogP contribution is -2.33. The van der Waals surface area contributed by atoms with Gasteiger partial charge in [0, 0.05) is 5.92 Å². The van der Waals surface area contributed by atoms with Gasteiger partial charge in [-0.1, -0.05) is 49.4 Å². The Bertz CT molecular complexity index is 1270. The molecule has 0 radical (unpaired) electrons. The number of hydrogen-bond acceptors (Lipinski definition) is 8. The first-order chi connectivity index (χ1) is 15.5. The van der Waals surface area contributed by atoms with Gasteiger partial charge in [0.1, 0.15) is 29.7 Å². The fraction of sp³-hybridized carbons (Fsp3) is 0.348. The molecule has 0 bridgehead atoms. The van der Waals surface area contributed by atoms with Crippen LogP contribution >= 0.6 is 0 Å². The third-order valence-corrected chi connectivity index (χ3v) is 6.10. The highest BCUT2D eigenvalue weighted by molar-refractivity contribution is 5.86. The molecule has 1 aliphatic heterocycles. The molecule has 4 aromatic rings. The number of benzene rings is 2. The van der Waals surface area contributed by atoms with E-state index in [-0.39, 0.29) is 11.7 Å². The van der Waals surface area contributed by atoms with Gasteiger partial charge in [-0.15, -0.1) is 0 Å². The highest BCUT2D eigenvalue weighted by atomic mass is 16.6. The summed E-state index contributed by atoms with van der Waals surface area (Å²) in [5.41, 5.74) is 8.18. The molecule has 0 spiro atoms. The Kier molecular flexibility index (Phi) is 5.26. The zero-order valence-corrected chi connectivity index (χ0v) is 17.5. The van der Waals surface area contributed by atoms with Gasteiger partial charge in [0.15, 0.2) is 17.7 Å². The lowest BCUT2D eigenvalue weighted by molar-refractivity contribution is -0.0511. The highest BCUT2D eigenvalue weighted by Crippen LogP contribution is 2.33. The van der Waals surface area contributed by atoms with Crippen molar-refractivity contribution in [1.82, 2.24) is 19.5 Å². The average molecular weight is 435 g/mol. The number of aliphatic hydroxyl groups is 3. The van der Waals surface area contributed by atoms with Gasteiger partial charge >= 0.3 is 0 Å². The van der Waals surface area contributed by atoms with Gasteiger partial charge < -0.3 is 25.8 Å². The third-order valence-electron chi connectivity index (χ3n) is 6.10. The summed E-state index contributed by atoms with van der Waals surface area (Å²) in [6, 6.07) is 14.5. The second-order valence-electron chi connectivity index (χ2n) is 8.26. The summed E-state index contributed by atoms with van der Waals surface area (Å²) in [6.07, 6.45) is -2.12. The van der Waals surface area contributed by atoms with E-state index in [0.717, 1.165) is 0 Å². The van der Waals surface area contributed by atoms with E-state index >= 15 is 0 Å². The Hall–Kier alpha value is -3.11. The summed E-state index contributed by atoms with van der Waals surface area (Å²) < 4.78 is 7.18. The maximum Gasteiger partial charge on any atom is 0.167 e. The van der Waals surface area contributed by atoms with Crippen molar-refractivity contribution < 1.29 is 20.1 Å². The molecular weight excluding hydrogens is 410 g/mol. The van der Waals surface area contributed by atoms with Crippen molar-refractivity contribution in [1.29, 1.82) is 0 Å². The Morgan fingerprint density at radius 1 is 1.09 bits per heavy atom. The summed E-state index contributed by atoms with van der Waals surface area (Å²) in [7, 11) is 0. The lowest BCUT2D eigenvalue weighted by atomic mass is 9.95. The second kappa shape index (κ2) is 8.10. The van der Waals surface area contributed by atoms with Crippen LogP contribution in [0.5, 0.6) is 0 Å². The second-order valence-corrected chi connectivity index (χ2v) is 8.26. The van der Waals surface area contributed by atoms with E-state index in [1.807, 2.05) is 25.1 Å². The molecule has 1 saturated heterocycles. The molecule has 0 amide bonds. The minimum atomic E-state index is -1.24. The predicted molar refractivity (Wildman–Crippen MR) is 119 cm³/mol. The molecule has 3 heterocycles. The van der Waals surface area contributed by atoms with Gasteiger partial charge in [0.25, 0.3) is 0 Å². The summed E-state index contributed by atoms with van der Waals surface area (Å²) in [5.74, 6) is 0.748. The van der Waals surface area contributed by atoms with E-state index in [0.29, 0.717) is 23.4 Å². The average Bonchev–Trinajstić information content (AvgIpc) is 3.35. The van der Waals surface area contributed by atoms with Crippen LogP contribution in [0.4, 0.5) is 5.82 Å². The molecule has 2 aromatic carbocycles. The van der Waals surface area contributed by atoms with Crippen molar-refractivity contribution in [2.75, 3.05) is 12.3 Å². The van der Waals surface area contributed by atoms with E-state index in [2.05, 4.69) is 34.2 Å². The van der Waals surface area contributed by atoms with Crippen molar-refractivity contribution >= 4 is 27.8 Å². The predicted octanol–water partition coefficient (Wildman–Crippen LogP) is 1.52. The first kappa shape index (κ1) is 20.8. The topological polar surface area (TPSA) is 140 Å². The highest BCUT2D eigenvalue weighted by Gasteiger charge is 2.44. The molecule has 5 rings (SSSR count). The minimum absolute atomic E-state index is 0.0407. The minimum Gasteiger partial charge on any atom is -0.394 e. The molecule has 166 valence electrons. The smallest absolute Gasteiger partial charge is 0.167 e. The summed E-state index contributed by atoms with van der Waals surface area (Å²) >= 11 is 0. The van der Waals surface area contributed by atoms with Crippen molar-refractivity contribution in [3.8, 4) is 0 Å². The Morgan fingerprint density at radius 3 is 2.66 bits per heavy atom. The summed E-state index contributed by atoms with van der Waals surface area (Å²) in [5, 5.41) is 32.3. The third kappa shape index (κ3) is 3.39. The molecule has 5 atom stereocenters. The monoisotopic (exact) mass is 435 g/mol. The Labute approximate surface area is 184 Å². The summed E-state index contributed by atoms with van der Waals surface area (Å²) in [6.45, 7) is 1.63. The number of nitrogens with two attached hydrogens (primary N) is 1. The van der Waals surface area contributed by atoms with Crippen LogP contribution in [0, 0.1) is 0 Å². The van der Waals surface area contributed by atoms with Crippen molar-refractivity contribution in [2.45, 2.75) is 43.8 Å². The Balaban J connectivity index is 1.50. The largest absolute Gasteiger partial charge is 0.394 e. The molecule has 3 unspecified atom stereocenters. The fourth-order valence-corrected chi connectivity index (χ4v) is 4.36. The lowest BCUT2D eigenvalue weighted by Gasteiger charge is -2.17. The van der Waals surface area contributed by atoms with Gasteiger partial charge in [-0.2, -0.15) is 0 Å². The van der Waals surface area contributed by atoms with E-state index < -0.39 is 31.1 Å². The fourth-order valence-electron chi connectivity index (χ4n) is 4.36. The molecule has 1 aliphatic rings. The number of ether oxygens (including phenoxy) is 1. The number of nitrogens with zero attached hydrogens (tertiary/aromatic N) is 4. The first-order valence-corrected chi connectivity index (χ1v) is 10.6. The number of hydrogen-bond donors (Lipinski definition) is 4. The van der Waals surface area contributed by atoms with Gasteiger partial charge in [-0.25, -0.2) is 15.0 Å². The quantitative estimate of drug-likeness (QED) is 0.370.